The van der Waals surface area contributed by atoms with Crippen LogP contribution in [0.25, 0.3) is 21.8 Å². The molecule has 10 rings (SSSR count). The number of nitrogens with one attached hydrogen (secondary N) is 11. The number of carboxylic acids is 1. The number of nitrogens with zero attached hydrogens (tertiary/aromatic N) is 2. The molecular formula is C65H72F2N14O13. The van der Waals surface area contributed by atoms with Gasteiger partial charge in [0.2, 0.25) is 53.2 Å². The molecule has 0 unspecified atom stereocenters. The van der Waals surface area contributed by atoms with Gasteiger partial charge in [0.25, 0.3) is 5.91 Å². The zero-order valence-electron chi connectivity index (χ0n) is 51.5. The first-order valence-corrected chi connectivity index (χ1v) is 30.4. The molecule has 1 saturated heterocycles. The number of hydrogen-bond donors (Lipinski definition) is 13. The Morgan fingerprint density at radius 1 is 0.670 bits per heavy atom. The molecule has 0 aliphatic carbocycles. The van der Waals surface area contributed by atoms with Crippen LogP contribution in [-0.4, -0.2) is 163 Å². The first kappa shape index (κ1) is 67.4. The van der Waals surface area contributed by atoms with Crippen molar-refractivity contribution in [2.45, 2.75) is 126 Å². The van der Waals surface area contributed by atoms with Gasteiger partial charge in [-0.05, 0) is 116 Å². The summed E-state index contributed by atoms with van der Waals surface area (Å²) in [6.07, 6.45) is 3.30. The number of amides is 10. The molecule has 7 aromatic rings. The molecule has 6 heterocycles. The Morgan fingerprint density at radius 3 is 1.80 bits per heavy atom. The van der Waals surface area contributed by atoms with E-state index in [1.165, 1.54) is 99.3 Å². The van der Waals surface area contributed by atoms with Crippen molar-refractivity contribution in [3.63, 3.8) is 0 Å². The SMILES string of the molecule is COc1ccc(C[C@@H]2NC(=O)[C@H](Cc3cnc[nH]3)NC(=O)[C@H](CC(=O)O)NC(=O)[C@@H](Cc3c[nH]c4ccc(F)cc34)NC(=O)[C@H](Cc3c[nH]c4ccc(F)cc34)NC(=O)[C@@H](C)NC(=O)CCCNC(=O)c3ccc(cc3)C[C@@H](C(N)=O)NC(=O)[C@]3(C)CCCN3C2=O)cc1. The second-order valence-corrected chi connectivity index (χ2v) is 23.5. The zero-order chi connectivity index (χ0) is 67.4. The minimum atomic E-state index is -2.02. The molecule has 4 aromatic carbocycles. The fourth-order valence-corrected chi connectivity index (χ4v) is 11.5. The number of aromatic nitrogens is 4. The third-order valence-corrected chi connectivity index (χ3v) is 16.7. The van der Waals surface area contributed by atoms with Gasteiger partial charge in [-0.25, -0.2) is 13.8 Å². The minimum absolute atomic E-state index is 0.0129. The summed E-state index contributed by atoms with van der Waals surface area (Å²) in [5.74, 6) is -11.3. The highest BCUT2D eigenvalue weighted by Gasteiger charge is 2.48. The van der Waals surface area contributed by atoms with Crippen molar-refractivity contribution >= 4 is 86.8 Å². The van der Waals surface area contributed by atoms with E-state index in [-0.39, 0.29) is 80.2 Å². The maximum absolute atomic E-state index is 15.2. The van der Waals surface area contributed by atoms with Gasteiger partial charge >= 0.3 is 5.97 Å². The van der Waals surface area contributed by atoms with Crippen molar-refractivity contribution in [2.75, 3.05) is 20.2 Å². The fraction of sp³-hybridized carbons (Fsp3) is 0.354. The molecule has 0 spiro atoms. The van der Waals surface area contributed by atoms with Crippen molar-refractivity contribution in [3.05, 3.63) is 155 Å². The number of halogens is 2. The normalized spacial score (nSPS) is 23.0. The lowest BCUT2D eigenvalue weighted by atomic mass is 9.94. The Kier molecular flexibility index (Phi) is 21.5. The maximum Gasteiger partial charge on any atom is 0.305 e. The van der Waals surface area contributed by atoms with E-state index in [2.05, 4.69) is 62.5 Å². The summed E-state index contributed by atoms with van der Waals surface area (Å²) in [5, 5.41) is 31.9. The second kappa shape index (κ2) is 30.0. The largest absolute Gasteiger partial charge is 0.497 e. The third-order valence-electron chi connectivity index (χ3n) is 16.7. The first-order chi connectivity index (χ1) is 44.9. The lowest BCUT2D eigenvalue weighted by Crippen LogP contribution is -2.63. The number of aliphatic carboxylic acids is 1. The maximum atomic E-state index is 15.2. The number of carbonyl (C=O) groups is 11. The standard InChI is InChI=1S/C65H72F2N14O13/c1-34-57(86)75-49(24-38-30-71-46-17-13-40(66)26-44(38)46)59(88)76-50(25-39-31-72-47-18-14-41(67)27-45(39)47)60(89)78-52(29-55(83)84)62(91)77-51(28-42-32-69-33-73-42)61(90)79-53(23-36-9-15-43(94-3)16-10-36)63(92)81-21-5-19-65(81,2)64(93)80-48(56(68)85)22-35-7-11-37(12-8-35)58(87)70-20-4-6-54(82)74-34/h7-18,26-27,30-34,48-53,71-72H,4-6,19-25,28-29H2,1-3H3,(H2,68,85)(H,69,73)(H,70,87)(H,74,82)(H,75,86)(H,76,88)(H,77,91)(H,78,89)(H,79,90)(H,80,93)(H,83,84)/t34-,48+,49+,50-,51+,52+,53+,65+/m1/s1. The number of H-pyrrole nitrogens is 3. The Morgan fingerprint density at radius 2 is 1.23 bits per heavy atom. The Balaban J connectivity index is 1.08. The van der Waals surface area contributed by atoms with Crippen molar-refractivity contribution < 1.29 is 71.4 Å². The number of carbonyl (C=O) groups excluding carboxylic acids is 10. The number of carboxylic acid groups (broad SMARTS) is 1. The van der Waals surface area contributed by atoms with Crippen LogP contribution in [0.1, 0.15) is 84.3 Å². The van der Waals surface area contributed by atoms with Gasteiger partial charge in [-0.1, -0.05) is 24.3 Å². The van der Waals surface area contributed by atoms with E-state index in [9.17, 15) is 61.8 Å². The lowest BCUT2D eigenvalue weighted by molar-refractivity contribution is -0.147. The van der Waals surface area contributed by atoms with Gasteiger partial charge in [0, 0.05) is 103 Å². The third kappa shape index (κ3) is 16.7. The van der Waals surface area contributed by atoms with Crippen LogP contribution in [0.2, 0.25) is 0 Å². The summed E-state index contributed by atoms with van der Waals surface area (Å²) in [4.78, 5) is 170. The predicted octanol–water partition coefficient (Wildman–Crippen LogP) is 1.45. The Hall–Kier alpha value is -11.0. The van der Waals surface area contributed by atoms with Crippen molar-refractivity contribution in [1.29, 1.82) is 0 Å². The Labute approximate surface area is 536 Å². The number of benzene rings is 4. The molecule has 2 bridgehead atoms. The number of imidazole rings is 1. The molecule has 27 nitrogen and oxygen atoms in total. The highest BCUT2D eigenvalue weighted by Crippen LogP contribution is 2.31. The molecule has 494 valence electrons. The lowest BCUT2D eigenvalue weighted by Gasteiger charge is -2.37. The van der Waals surface area contributed by atoms with Gasteiger partial charge in [-0.3, -0.25) is 52.7 Å². The molecule has 10 amide bonds. The van der Waals surface area contributed by atoms with E-state index in [4.69, 9.17) is 10.5 Å². The van der Waals surface area contributed by atoms with Gasteiger partial charge in [0.15, 0.2) is 0 Å². The van der Waals surface area contributed by atoms with Gasteiger partial charge in [0.05, 0.1) is 19.9 Å². The number of aromatic amines is 3. The van der Waals surface area contributed by atoms with Crippen molar-refractivity contribution in [2.24, 2.45) is 5.73 Å². The highest BCUT2D eigenvalue weighted by atomic mass is 19.1. The quantitative estimate of drug-likeness (QED) is 0.0771. The van der Waals surface area contributed by atoms with Crippen LogP contribution in [-0.2, 0) is 80.0 Å². The van der Waals surface area contributed by atoms with E-state index in [0.29, 0.717) is 45.3 Å². The fourth-order valence-electron chi connectivity index (χ4n) is 11.5. The van der Waals surface area contributed by atoms with Crippen LogP contribution >= 0.6 is 0 Å². The summed E-state index contributed by atoms with van der Waals surface area (Å²) in [6.45, 7) is 2.88. The molecule has 94 heavy (non-hydrogen) atoms. The molecule has 14 N–H and O–H groups in total. The van der Waals surface area contributed by atoms with Crippen molar-refractivity contribution in [1.82, 2.24) is 67.4 Å². The first-order valence-electron chi connectivity index (χ1n) is 30.4. The molecule has 8 atom stereocenters. The molecule has 3 aliphatic rings. The van der Waals surface area contributed by atoms with Crippen LogP contribution in [0.3, 0.4) is 0 Å². The monoisotopic (exact) mass is 1290 g/mol. The van der Waals surface area contributed by atoms with E-state index in [0.717, 1.165) is 0 Å². The molecule has 1 fully saturated rings. The van der Waals surface area contributed by atoms with E-state index < -0.39 is 137 Å². The van der Waals surface area contributed by atoms with Crippen LogP contribution in [0.5, 0.6) is 5.75 Å². The number of fused-ring (bicyclic) bond motifs is 30. The van der Waals surface area contributed by atoms with Gasteiger partial charge in [0.1, 0.15) is 65.2 Å². The Bertz CT molecular complexity index is 3990. The molecule has 29 heteroatoms. The average Bonchev–Trinajstić information content (AvgIpc) is 1.59. The number of nitrogens with two attached hydrogens (primary N) is 1. The average molecular weight is 1300 g/mol. The summed E-state index contributed by atoms with van der Waals surface area (Å²) in [6, 6.07) is 9.14. The summed E-state index contributed by atoms with van der Waals surface area (Å²) in [7, 11) is 1.46. The predicted molar refractivity (Wildman–Crippen MR) is 335 cm³/mol. The molecular weight excluding hydrogens is 1220 g/mol. The number of methoxy groups -OCH3 is 1. The highest BCUT2D eigenvalue weighted by molar-refractivity contribution is 6.01. The second-order valence-electron chi connectivity index (χ2n) is 23.5. The van der Waals surface area contributed by atoms with Crippen LogP contribution < -0.4 is 53.0 Å². The van der Waals surface area contributed by atoms with Crippen molar-refractivity contribution in [3.8, 4) is 5.75 Å². The molecule has 3 aliphatic heterocycles. The number of ether oxygens (including phenoxy) is 1. The van der Waals surface area contributed by atoms with E-state index >= 15 is 4.79 Å². The van der Waals surface area contributed by atoms with Crippen LogP contribution in [0, 0.1) is 11.6 Å². The van der Waals surface area contributed by atoms with Crippen LogP contribution in [0.15, 0.2) is 110 Å². The van der Waals surface area contributed by atoms with Gasteiger partial charge < -0.3 is 78.0 Å². The zero-order valence-corrected chi connectivity index (χ0v) is 51.5. The summed E-state index contributed by atoms with van der Waals surface area (Å²) >= 11 is 0. The van der Waals surface area contributed by atoms with E-state index in [1.54, 1.807) is 36.4 Å². The summed E-state index contributed by atoms with van der Waals surface area (Å²) in [5.41, 5.74) is 7.19. The number of primary amides is 1. The van der Waals surface area contributed by atoms with Gasteiger partial charge in [-0.15, -0.1) is 0 Å². The topological polar surface area (TPSA) is 403 Å². The van der Waals surface area contributed by atoms with E-state index in [1.807, 2.05) is 0 Å². The van der Waals surface area contributed by atoms with Crippen LogP contribution in [0.4, 0.5) is 8.78 Å². The smallest absolute Gasteiger partial charge is 0.305 e. The molecule has 3 aromatic heterocycles. The molecule has 0 saturated carbocycles. The number of hydrogen-bond acceptors (Lipinski definition) is 13. The minimum Gasteiger partial charge on any atom is -0.497 e. The molecule has 0 radical (unpaired) electrons. The van der Waals surface area contributed by atoms with Gasteiger partial charge in [-0.2, -0.15) is 0 Å². The summed E-state index contributed by atoms with van der Waals surface area (Å²) < 4.78 is 35.0. The number of rotatable bonds is 12.